The van der Waals surface area contributed by atoms with Crippen molar-refractivity contribution in [3.8, 4) is 33.8 Å². The molecule has 0 atom stereocenters. The van der Waals surface area contributed by atoms with Crippen molar-refractivity contribution in [2.24, 2.45) is 0 Å². The Morgan fingerprint density at radius 3 is 1.52 bits per heavy atom. The SMILES string of the molecule is C[Si](C)(C)c1ccc(-c2[c-]cccc2)nc1.C[Si](C)(C)c1ccc(-c2[c-]cccc2)nc1.[Ir+3].[c-]1ccc2c(oc3ccccc32)c1-c1ccccn1. The van der Waals surface area contributed by atoms with Gasteiger partial charge < -0.3 is 19.4 Å². The second-order valence-corrected chi connectivity index (χ2v) is 24.5. The zero-order chi connectivity index (χ0) is 35.8. The Morgan fingerprint density at radius 2 is 1.04 bits per heavy atom. The molecule has 0 radical (unpaired) electrons. The fraction of sp³-hybridized carbons (Fsp3) is 0.133. The van der Waals surface area contributed by atoms with E-state index in [2.05, 4.69) is 103 Å². The van der Waals surface area contributed by atoms with Gasteiger partial charge in [-0.05, 0) is 39.6 Å². The van der Waals surface area contributed by atoms with Gasteiger partial charge in [0.15, 0.2) is 0 Å². The van der Waals surface area contributed by atoms with Crippen LogP contribution in [0.4, 0.5) is 0 Å². The summed E-state index contributed by atoms with van der Waals surface area (Å²) in [5.41, 5.74) is 7.66. The second kappa shape index (κ2) is 17.2. The fourth-order valence-corrected chi connectivity index (χ4v) is 7.56. The summed E-state index contributed by atoms with van der Waals surface area (Å²) in [7, 11) is -2.46. The van der Waals surface area contributed by atoms with Crippen LogP contribution in [0.2, 0.25) is 39.3 Å². The Hall–Kier alpha value is -4.79. The van der Waals surface area contributed by atoms with Crippen LogP contribution in [0.25, 0.3) is 55.7 Å². The number of nitrogens with zero attached hydrogens (tertiary/aromatic N) is 3. The number of fused-ring (bicyclic) bond motifs is 3. The van der Waals surface area contributed by atoms with Crippen LogP contribution in [0.3, 0.4) is 0 Å². The molecular formula is C45H42IrN3OSi2. The van der Waals surface area contributed by atoms with Gasteiger partial charge in [0.05, 0.1) is 21.7 Å². The maximum absolute atomic E-state index is 5.97. The molecule has 0 amide bonds. The molecule has 0 aliphatic carbocycles. The van der Waals surface area contributed by atoms with E-state index in [-0.39, 0.29) is 20.1 Å². The number of hydrogen-bond donors (Lipinski definition) is 0. The number of aromatic nitrogens is 3. The first-order chi connectivity index (χ1) is 24.6. The number of para-hydroxylation sites is 1. The Labute approximate surface area is 323 Å². The summed E-state index contributed by atoms with van der Waals surface area (Å²) in [6.07, 6.45) is 5.81. The molecule has 0 spiro atoms. The van der Waals surface area contributed by atoms with E-state index in [4.69, 9.17) is 4.42 Å². The maximum Gasteiger partial charge on any atom is 3.00 e. The van der Waals surface area contributed by atoms with Gasteiger partial charge in [-0.15, -0.1) is 90.0 Å². The fourth-order valence-electron chi connectivity index (χ4n) is 5.49. The molecule has 0 aliphatic heterocycles. The predicted octanol–water partition coefficient (Wildman–Crippen LogP) is 10.6. The minimum atomic E-state index is -1.23. The van der Waals surface area contributed by atoms with Crippen molar-refractivity contribution in [2.45, 2.75) is 39.3 Å². The molecular weight excluding hydrogens is 847 g/mol. The summed E-state index contributed by atoms with van der Waals surface area (Å²) in [5.74, 6) is 0. The van der Waals surface area contributed by atoms with Crippen LogP contribution in [-0.4, -0.2) is 31.1 Å². The summed E-state index contributed by atoms with van der Waals surface area (Å²) in [4.78, 5) is 13.4. The first kappa shape index (κ1) is 38.4. The molecule has 52 heavy (non-hydrogen) atoms. The first-order valence-electron chi connectivity index (χ1n) is 17.2. The van der Waals surface area contributed by atoms with Crippen molar-refractivity contribution >= 4 is 48.5 Å². The van der Waals surface area contributed by atoms with Crippen molar-refractivity contribution in [2.75, 3.05) is 0 Å². The minimum absolute atomic E-state index is 0. The standard InChI is InChI=1S/C17H10NO.2C14H16NSi.Ir/c1-2-10-16-12(6-1)13-7-5-8-14(17(13)19-16)15-9-3-4-11-18-15;2*1-16(2,3)13-9-10-14(15-11-13)12-7-5-4-6-8-12;/h1-7,9-11H;2*4-7,9-11H,1-3H3;/q3*-1;+3. The molecule has 8 aromatic rings. The predicted molar refractivity (Wildman–Crippen MR) is 219 cm³/mol. The Morgan fingerprint density at radius 1 is 0.481 bits per heavy atom. The van der Waals surface area contributed by atoms with Crippen LogP contribution in [0.1, 0.15) is 0 Å². The summed E-state index contributed by atoms with van der Waals surface area (Å²) in [6, 6.07) is 52.0. The molecule has 4 aromatic heterocycles. The van der Waals surface area contributed by atoms with Crippen LogP contribution < -0.4 is 10.4 Å². The largest absolute Gasteiger partial charge is 3.00 e. The summed E-state index contributed by atoms with van der Waals surface area (Å²) >= 11 is 0. The van der Waals surface area contributed by atoms with Gasteiger partial charge in [0.25, 0.3) is 0 Å². The van der Waals surface area contributed by atoms with Crippen LogP contribution in [0, 0.1) is 18.2 Å². The van der Waals surface area contributed by atoms with E-state index in [1.807, 2.05) is 109 Å². The van der Waals surface area contributed by atoms with E-state index in [0.29, 0.717) is 0 Å². The van der Waals surface area contributed by atoms with Gasteiger partial charge in [-0.1, -0.05) is 105 Å². The van der Waals surface area contributed by atoms with Crippen molar-refractivity contribution in [3.63, 3.8) is 0 Å². The van der Waals surface area contributed by atoms with E-state index >= 15 is 0 Å². The molecule has 8 rings (SSSR count). The summed E-state index contributed by atoms with van der Waals surface area (Å²) in [6.45, 7) is 14.0. The first-order valence-corrected chi connectivity index (χ1v) is 24.2. The molecule has 0 bridgehead atoms. The van der Waals surface area contributed by atoms with Gasteiger partial charge >= 0.3 is 20.1 Å². The third kappa shape index (κ3) is 9.55. The molecule has 4 heterocycles. The zero-order valence-corrected chi connectivity index (χ0v) is 34.8. The number of rotatable bonds is 5. The number of furan rings is 1. The van der Waals surface area contributed by atoms with Crippen molar-refractivity contribution < 1.29 is 24.5 Å². The molecule has 0 saturated heterocycles. The molecule has 260 valence electrons. The molecule has 0 N–H and O–H groups in total. The van der Waals surface area contributed by atoms with E-state index in [9.17, 15) is 0 Å². The Bertz CT molecular complexity index is 2210. The summed E-state index contributed by atoms with van der Waals surface area (Å²) in [5, 5.41) is 5.03. The average Bonchev–Trinajstić information content (AvgIpc) is 3.55. The molecule has 4 nitrogen and oxygen atoms in total. The van der Waals surface area contributed by atoms with Crippen molar-refractivity contribution in [3.05, 3.63) is 164 Å². The van der Waals surface area contributed by atoms with Gasteiger partial charge in [0.2, 0.25) is 0 Å². The topological polar surface area (TPSA) is 51.8 Å². The van der Waals surface area contributed by atoms with Gasteiger partial charge in [0, 0.05) is 24.0 Å². The van der Waals surface area contributed by atoms with E-state index < -0.39 is 16.1 Å². The number of hydrogen-bond acceptors (Lipinski definition) is 4. The average molecular weight is 889 g/mol. The quantitative estimate of drug-likeness (QED) is 0.128. The Balaban J connectivity index is 0.000000150. The normalized spacial score (nSPS) is 11.1. The summed E-state index contributed by atoms with van der Waals surface area (Å²) < 4.78 is 5.97. The van der Waals surface area contributed by atoms with Crippen LogP contribution in [0.5, 0.6) is 0 Å². The molecule has 7 heteroatoms. The maximum atomic E-state index is 5.97. The molecule has 4 aromatic carbocycles. The van der Waals surface area contributed by atoms with E-state index in [1.54, 1.807) is 6.20 Å². The second-order valence-electron chi connectivity index (χ2n) is 14.3. The van der Waals surface area contributed by atoms with E-state index in [0.717, 1.165) is 55.7 Å². The zero-order valence-electron chi connectivity index (χ0n) is 30.4. The molecule has 0 fully saturated rings. The van der Waals surface area contributed by atoms with Gasteiger partial charge in [-0.25, -0.2) is 0 Å². The Kier molecular flexibility index (Phi) is 12.7. The van der Waals surface area contributed by atoms with Crippen LogP contribution in [0.15, 0.2) is 150 Å². The van der Waals surface area contributed by atoms with Gasteiger partial charge in [-0.3, -0.25) is 0 Å². The monoisotopic (exact) mass is 889 g/mol. The smallest absolute Gasteiger partial charge is 0.501 e. The third-order valence-corrected chi connectivity index (χ3v) is 12.5. The molecule has 0 aliphatic rings. The van der Waals surface area contributed by atoms with Crippen molar-refractivity contribution in [1.82, 2.24) is 15.0 Å². The van der Waals surface area contributed by atoms with Crippen LogP contribution in [-0.2, 0) is 20.1 Å². The van der Waals surface area contributed by atoms with Crippen LogP contribution >= 0.6 is 0 Å². The molecule has 0 saturated carbocycles. The van der Waals surface area contributed by atoms with Gasteiger partial charge in [0.1, 0.15) is 5.58 Å². The van der Waals surface area contributed by atoms with E-state index in [1.165, 1.54) is 10.4 Å². The third-order valence-electron chi connectivity index (χ3n) is 8.49. The number of pyridine rings is 3. The number of benzene rings is 4. The minimum Gasteiger partial charge on any atom is -0.501 e. The van der Waals surface area contributed by atoms with Crippen molar-refractivity contribution in [1.29, 1.82) is 0 Å². The van der Waals surface area contributed by atoms with Gasteiger partial charge in [-0.2, -0.15) is 0 Å². The molecule has 0 unspecified atom stereocenters.